The first-order chi connectivity index (χ1) is 14.0. The van der Waals surface area contributed by atoms with E-state index in [-0.39, 0.29) is 16.0 Å². The summed E-state index contributed by atoms with van der Waals surface area (Å²) >= 11 is 7.77. The predicted molar refractivity (Wildman–Crippen MR) is 132 cm³/mol. The fraction of sp³-hybridized carbons (Fsp3) is 0.696. The van der Waals surface area contributed by atoms with Crippen molar-refractivity contribution in [2.45, 2.75) is 68.5 Å². The molecular weight excluding hydrogens is 464 g/mol. The third-order valence-corrected chi connectivity index (χ3v) is 9.99. The van der Waals surface area contributed by atoms with E-state index in [0.29, 0.717) is 6.04 Å². The van der Waals surface area contributed by atoms with Crippen molar-refractivity contribution in [1.82, 2.24) is 9.80 Å². The molecule has 0 spiro atoms. The van der Waals surface area contributed by atoms with E-state index < -0.39 is 0 Å². The van der Waals surface area contributed by atoms with Gasteiger partial charge in [-0.05, 0) is 74.5 Å². The fourth-order valence-electron chi connectivity index (χ4n) is 5.06. The van der Waals surface area contributed by atoms with Crippen LogP contribution in [0.5, 0.6) is 0 Å². The second-order valence-corrected chi connectivity index (χ2v) is 12.5. The van der Waals surface area contributed by atoms with E-state index in [9.17, 15) is 4.79 Å². The highest BCUT2D eigenvalue weighted by Gasteiger charge is 2.49. The number of nitrogens with zero attached hydrogens (tertiary/aromatic N) is 2. The summed E-state index contributed by atoms with van der Waals surface area (Å²) in [4.78, 5) is 18.2. The zero-order valence-electron chi connectivity index (χ0n) is 18.0. The molecule has 0 radical (unpaired) electrons. The number of rotatable bonds is 7. The minimum absolute atomic E-state index is 0.158. The van der Waals surface area contributed by atoms with Gasteiger partial charge in [0.25, 0.3) is 5.91 Å². The largest absolute Gasteiger partial charge is 0.337 e. The quantitative estimate of drug-likeness (QED) is 0.333. The van der Waals surface area contributed by atoms with Crippen molar-refractivity contribution in [2.24, 2.45) is 0 Å². The maximum Gasteiger partial charge on any atom is 0.253 e. The summed E-state index contributed by atoms with van der Waals surface area (Å²) in [6.07, 6.45) is 7.41. The molecule has 3 rings (SSSR count). The number of carbonyl (C=O) groups is 1. The van der Waals surface area contributed by atoms with Crippen LogP contribution in [0.15, 0.2) is 28.7 Å². The van der Waals surface area contributed by atoms with Gasteiger partial charge in [-0.3, -0.25) is 9.69 Å². The molecule has 1 heterocycles. The number of benzene rings is 1. The summed E-state index contributed by atoms with van der Waals surface area (Å²) in [6.45, 7) is 6.94. The Kier molecular flexibility index (Phi) is 8.85. The zero-order valence-corrected chi connectivity index (χ0v) is 21.3. The summed E-state index contributed by atoms with van der Waals surface area (Å²) < 4.78 is 1.20. The Hall–Kier alpha value is -0.170. The molecule has 2 unspecified atom stereocenters. The van der Waals surface area contributed by atoms with Gasteiger partial charge in [0.1, 0.15) is 0 Å². The fourth-order valence-corrected chi connectivity index (χ4v) is 8.88. The Morgan fingerprint density at radius 3 is 2.31 bits per heavy atom. The average molecular weight is 500 g/mol. The molecule has 29 heavy (non-hydrogen) atoms. The minimum Gasteiger partial charge on any atom is -0.337 e. The van der Waals surface area contributed by atoms with Crippen LogP contribution in [-0.2, 0) is 0 Å². The minimum atomic E-state index is 0.158. The molecule has 3 nitrogen and oxygen atoms in total. The Labute approximate surface area is 193 Å². The summed E-state index contributed by atoms with van der Waals surface area (Å²) in [6, 6.07) is 8.52. The topological polar surface area (TPSA) is 23.6 Å². The Balaban J connectivity index is 1.96. The van der Waals surface area contributed by atoms with Crippen molar-refractivity contribution in [3.8, 4) is 0 Å². The normalized spacial score (nSPS) is 25.0. The van der Waals surface area contributed by atoms with Gasteiger partial charge in [0.2, 0.25) is 0 Å². The zero-order chi connectivity index (χ0) is 20.9. The van der Waals surface area contributed by atoms with E-state index in [0.717, 1.165) is 28.0 Å². The lowest BCUT2D eigenvalue weighted by atomic mass is 9.98. The highest BCUT2D eigenvalue weighted by atomic mass is 79.9. The summed E-state index contributed by atoms with van der Waals surface area (Å²) in [5, 5.41) is 0. The summed E-state index contributed by atoms with van der Waals surface area (Å²) in [7, 11) is 2.04. The Bertz CT molecular complexity index is 657. The first kappa shape index (κ1) is 23.5. The van der Waals surface area contributed by atoms with E-state index in [1.807, 2.05) is 31.3 Å². The molecule has 162 valence electrons. The van der Waals surface area contributed by atoms with Gasteiger partial charge in [-0.25, -0.2) is 0 Å². The van der Waals surface area contributed by atoms with E-state index in [2.05, 4.69) is 63.1 Å². The number of halogens is 1. The van der Waals surface area contributed by atoms with Crippen LogP contribution in [0.1, 0.15) is 62.7 Å². The third kappa shape index (κ3) is 5.36. The van der Waals surface area contributed by atoms with Gasteiger partial charge in [-0.15, -0.1) is 23.5 Å². The maximum absolute atomic E-state index is 13.4. The Morgan fingerprint density at radius 1 is 1.10 bits per heavy atom. The van der Waals surface area contributed by atoms with Crippen molar-refractivity contribution < 1.29 is 4.79 Å². The molecule has 1 saturated carbocycles. The van der Waals surface area contributed by atoms with Gasteiger partial charge < -0.3 is 4.90 Å². The molecule has 1 amide bonds. The van der Waals surface area contributed by atoms with Gasteiger partial charge in [0, 0.05) is 23.1 Å². The van der Waals surface area contributed by atoms with E-state index in [4.69, 9.17) is 0 Å². The van der Waals surface area contributed by atoms with E-state index in [1.165, 1.54) is 45.2 Å². The maximum atomic E-state index is 13.4. The predicted octanol–water partition coefficient (Wildman–Crippen LogP) is 6.13. The molecule has 1 aromatic carbocycles. The van der Waals surface area contributed by atoms with E-state index >= 15 is 0 Å². The van der Waals surface area contributed by atoms with Crippen molar-refractivity contribution in [3.05, 3.63) is 34.3 Å². The van der Waals surface area contributed by atoms with Gasteiger partial charge in [0.05, 0.1) is 10.1 Å². The second-order valence-electron chi connectivity index (χ2n) is 8.10. The third-order valence-electron chi connectivity index (χ3n) is 6.31. The molecule has 1 aliphatic heterocycles. The SMILES string of the molecule is CCSC1(SCC)CCCCC(N(C)C(=O)c2ccc(Br)cc2)C1N1CCCC1. The van der Waals surface area contributed by atoms with Crippen molar-refractivity contribution in [1.29, 1.82) is 0 Å². The van der Waals surface area contributed by atoms with Crippen molar-refractivity contribution in [3.63, 3.8) is 0 Å². The molecular formula is C23H35BrN2OS2. The second kappa shape index (κ2) is 10.9. The standard InChI is InChI=1S/C23H35BrN2OS2/c1-4-28-23(29-5-2)15-7-6-10-20(21(23)26-16-8-9-17-26)25(3)22(27)18-11-13-19(24)14-12-18/h11-14,20-21H,4-10,15-17H2,1-3H3. The van der Waals surface area contributed by atoms with Crippen LogP contribution in [0.4, 0.5) is 0 Å². The number of thioether (sulfide) groups is 2. The number of hydrogen-bond donors (Lipinski definition) is 0. The molecule has 1 aromatic rings. The highest BCUT2D eigenvalue weighted by molar-refractivity contribution is 9.10. The lowest BCUT2D eigenvalue weighted by Gasteiger charge is -2.49. The van der Waals surface area contributed by atoms with Crippen LogP contribution in [0.25, 0.3) is 0 Å². The lowest BCUT2D eigenvalue weighted by Crippen LogP contribution is -2.59. The highest BCUT2D eigenvalue weighted by Crippen LogP contribution is 2.50. The number of likely N-dealkylation sites (tertiary alicyclic amines) is 1. The monoisotopic (exact) mass is 498 g/mol. The van der Waals surface area contributed by atoms with Gasteiger partial charge in [-0.1, -0.05) is 42.6 Å². The van der Waals surface area contributed by atoms with Gasteiger partial charge >= 0.3 is 0 Å². The molecule has 6 heteroatoms. The lowest BCUT2D eigenvalue weighted by molar-refractivity contribution is 0.0578. The molecule has 1 aliphatic carbocycles. The van der Waals surface area contributed by atoms with Crippen LogP contribution in [0.2, 0.25) is 0 Å². The molecule has 2 atom stereocenters. The molecule has 0 aromatic heterocycles. The molecule has 1 saturated heterocycles. The first-order valence-electron chi connectivity index (χ1n) is 11.1. The van der Waals surface area contributed by atoms with Crippen molar-refractivity contribution in [2.75, 3.05) is 31.6 Å². The van der Waals surface area contributed by atoms with Crippen LogP contribution in [0.3, 0.4) is 0 Å². The molecule has 2 aliphatic rings. The Morgan fingerprint density at radius 2 is 1.72 bits per heavy atom. The van der Waals surface area contributed by atoms with Gasteiger partial charge in [0.15, 0.2) is 0 Å². The molecule has 0 bridgehead atoms. The summed E-state index contributed by atoms with van der Waals surface area (Å²) in [5.41, 5.74) is 0.789. The van der Waals surface area contributed by atoms with Crippen LogP contribution in [0, 0.1) is 0 Å². The molecule has 2 fully saturated rings. The first-order valence-corrected chi connectivity index (χ1v) is 13.8. The smallest absolute Gasteiger partial charge is 0.253 e. The number of carbonyl (C=O) groups excluding carboxylic acids is 1. The van der Waals surface area contributed by atoms with Crippen LogP contribution < -0.4 is 0 Å². The molecule has 0 N–H and O–H groups in total. The number of likely N-dealkylation sites (N-methyl/N-ethyl adjacent to an activating group) is 1. The van der Waals surface area contributed by atoms with E-state index in [1.54, 1.807) is 0 Å². The summed E-state index contributed by atoms with van der Waals surface area (Å²) in [5.74, 6) is 2.42. The number of amides is 1. The number of hydrogen-bond acceptors (Lipinski definition) is 4. The van der Waals surface area contributed by atoms with Gasteiger partial charge in [-0.2, -0.15) is 0 Å². The van der Waals surface area contributed by atoms with Crippen molar-refractivity contribution >= 4 is 45.4 Å². The average Bonchev–Trinajstić information content (AvgIpc) is 3.17. The van der Waals surface area contributed by atoms with Crippen LogP contribution in [-0.4, -0.2) is 63.5 Å². The van der Waals surface area contributed by atoms with Crippen LogP contribution >= 0.6 is 39.5 Å².